The molecule has 1 N–H and O–H groups in total. The van der Waals surface area contributed by atoms with Crippen molar-refractivity contribution in [1.29, 1.82) is 0 Å². The number of anilines is 1. The van der Waals surface area contributed by atoms with Gasteiger partial charge in [0.1, 0.15) is 17.1 Å². The van der Waals surface area contributed by atoms with Crippen molar-refractivity contribution < 1.29 is 14.3 Å². The first-order chi connectivity index (χ1) is 17.5. The van der Waals surface area contributed by atoms with E-state index in [0.717, 1.165) is 22.3 Å². The van der Waals surface area contributed by atoms with Crippen molar-refractivity contribution in [2.45, 2.75) is 6.92 Å². The fourth-order valence-corrected chi connectivity index (χ4v) is 4.31. The van der Waals surface area contributed by atoms with Gasteiger partial charge in [0.05, 0.1) is 5.69 Å². The van der Waals surface area contributed by atoms with Gasteiger partial charge in [-0.1, -0.05) is 72.3 Å². The van der Waals surface area contributed by atoms with Gasteiger partial charge in [-0.15, -0.1) is 0 Å². The highest BCUT2D eigenvalue weighted by Crippen LogP contribution is 2.29. The van der Waals surface area contributed by atoms with Crippen LogP contribution in [0.25, 0.3) is 17.2 Å². The van der Waals surface area contributed by atoms with E-state index in [4.69, 9.17) is 17.0 Å². The summed E-state index contributed by atoms with van der Waals surface area (Å²) in [6, 6.07) is 32.2. The fourth-order valence-electron chi connectivity index (χ4n) is 4.03. The Kier molecular flexibility index (Phi) is 6.43. The normalized spacial score (nSPS) is 14.6. The number of ether oxygens (including phenoxy) is 1. The third-order valence-corrected chi connectivity index (χ3v) is 6.05. The summed E-state index contributed by atoms with van der Waals surface area (Å²) in [5, 5.41) is 2.68. The summed E-state index contributed by atoms with van der Waals surface area (Å²) in [4.78, 5) is 27.7. The second-order valence-corrected chi connectivity index (χ2v) is 8.71. The number of carbonyl (C=O) groups is 2. The molecule has 0 unspecified atom stereocenters. The molecule has 1 heterocycles. The minimum Gasteiger partial charge on any atom is -0.457 e. The molecular weight excluding hydrogens is 468 g/mol. The van der Waals surface area contributed by atoms with Crippen LogP contribution < -0.4 is 15.0 Å². The van der Waals surface area contributed by atoms with Crippen molar-refractivity contribution in [2.75, 3.05) is 4.90 Å². The van der Waals surface area contributed by atoms with Crippen LogP contribution in [-0.2, 0) is 9.59 Å². The second-order valence-electron chi connectivity index (χ2n) is 8.32. The Bertz CT molecular complexity index is 1490. The maximum absolute atomic E-state index is 13.5. The summed E-state index contributed by atoms with van der Waals surface area (Å²) in [5.41, 5.74) is 4.36. The molecule has 1 aliphatic rings. The predicted octanol–water partition coefficient (Wildman–Crippen LogP) is 6.29. The number of carbonyl (C=O) groups excluding carboxylic acids is 2. The summed E-state index contributed by atoms with van der Waals surface area (Å²) in [6.07, 6.45) is 1.62. The van der Waals surface area contributed by atoms with E-state index in [1.54, 1.807) is 30.3 Å². The van der Waals surface area contributed by atoms with Crippen LogP contribution in [-0.4, -0.2) is 16.9 Å². The highest BCUT2D eigenvalue weighted by Gasteiger charge is 2.34. The van der Waals surface area contributed by atoms with Crippen molar-refractivity contribution >= 4 is 40.9 Å². The number of hydrogen-bond acceptors (Lipinski definition) is 4. The molecule has 36 heavy (non-hydrogen) atoms. The van der Waals surface area contributed by atoms with Crippen LogP contribution in [0.15, 0.2) is 109 Å². The minimum atomic E-state index is -0.524. The summed E-state index contributed by atoms with van der Waals surface area (Å²) >= 11 is 5.35. The molecule has 4 aromatic rings. The molecule has 1 aliphatic heterocycles. The van der Waals surface area contributed by atoms with Gasteiger partial charge in [0.25, 0.3) is 11.8 Å². The first-order valence-electron chi connectivity index (χ1n) is 11.4. The van der Waals surface area contributed by atoms with Gasteiger partial charge in [0.2, 0.25) is 0 Å². The summed E-state index contributed by atoms with van der Waals surface area (Å²) in [7, 11) is 0. The smallest absolute Gasteiger partial charge is 0.270 e. The molecule has 0 saturated carbocycles. The molecule has 4 aromatic carbocycles. The van der Waals surface area contributed by atoms with Gasteiger partial charge in [0.15, 0.2) is 5.11 Å². The third-order valence-electron chi connectivity index (χ3n) is 5.77. The van der Waals surface area contributed by atoms with Crippen molar-refractivity contribution in [1.82, 2.24) is 5.32 Å². The van der Waals surface area contributed by atoms with Crippen LogP contribution in [0.2, 0.25) is 0 Å². The average molecular weight is 491 g/mol. The zero-order valence-corrected chi connectivity index (χ0v) is 20.3. The number of amides is 2. The highest BCUT2D eigenvalue weighted by atomic mass is 32.1. The average Bonchev–Trinajstić information content (AvgIpc) is 2.88. The Balaban J connectivity index is 1.46. The molecule has 0 atom stereocenters. The molecule has 176 valence electrons. The second kappa shape index (κ2) is 9.98. The van der Waals surface area contributed by atoms with Crippen molar-refractivity contribution in [3.63, 3.8) is 0 Å². The maximum atomic E-state index is 13.5. The van der Waals surface area contributed by atoms with E-state index in [0.29, 0.717) is 17.2 Å². The van der Waals surface area contributed by atoms with E-state index in [1.165, 1.54) is 4.90 Å². The molecular formula is C30H22N2O3S. The lowest BCUT2D eigenvalue weighted by Gasteiger charge is -2.29. The van der Waals surface area contributed by atoms with E-state index < -0.39 is 11.8 Å². The maximum Gasteiger partial charge on any atom is 0.270 e. The van der Waals surface area contributed by atoms with E-state index in [9.17, 15) is 9.59 Å². The standard InChI is InChI=1S/C30H22N2O3S/c1-20-8-7-10-21(18-20)26-13-6-5-9-22(26)19-27-28(33)31-30(36)32(29(27)34)23-14-16-25(17-15-23)35-24-11-3-2-4-12-24/h2-19H,1H3,(H,31,33,36). The van der Waals surface area contributed by atoms with Gasteiger partial charge >= 0.3 is 0 Å². The topological polar surface area (TPSA) is 58.6 Å². The quantitative estimate of drug-likeness (QED) is 0.203. The lowest BCUT2D eigenvalue weighted by Crippen LogP contribution is -2.54. The van der Waals surface area contributed by atoms with E-state index in [-0.39, 0.29) is 10.7 Å². The van der Waals surface area contributed by atoms with Gasteiger partial charge in [-0.05, 0) is 78.3 Å². The Labute approximate surface area is 214 Å². The van der Waals surface area contributed by atoms with Crippen LogP contribution in [0, 0.1) is 6.92 Å². The predicted molar refractivity (Wildman–Crippen MR) is 146 cm³/mol. The third kappa shape index (κ3) is 4.80. The molecule has 5 nitrogen and oxygen atoms in total. The first kappa shape index (κ1) is 23.2. The molecule has 0 aliphatic carbocycles. The SMILES string of the molecule is Cc1cccc(-c2ccccc2C=C2C(=O)NC(=S)N(c3ccc(Oc4ccccc4)cc3)C2=O)c1. The van der Waals surface area contributed by atoms with Crippen molar-refractivity contribution in [3.8, 4) is 22.6 Å². The zero-order valence-electron chi connectivity index (χ0n) is 19.5. The monoisotopic (exact) mass is 490 g/mol. The van der Waals surface area contributed by atoms with Crippen LogP contribution in [0.4, 0.5) is 5.69 Å². The summed E-state index contributed by atoms with van der Waals surface area (Å²) in [6.45, 7) is 2.03. The molecule has 5 rings (SSSR count). The van der Waals surface area contributed by atoms with Crippen molar-refractivity contribution in [3.05, 3.63) is 120 Å². The number of nitrogens with one attached hydrogen (secondary N) is 1. The van der Waals surface area contributed by atoms with Gasteiger partial charge < -0.3 is 4.74 Å². The zero-order chi connectivity index (χ0) is 25.1. The number of benzene rings is 4. The molecule has 6 heteroatoms. The highest BCUT2D eigenvalue weighted by molar-refractivity contribution is 7.80. The lowest BCUT2D eigenvalue weighted by atomic mass is 9.96. The van der Waals surface area contributed by atoms with E-state index >= 15 is 0 Å². The number of nitrogens with zero attached hydrogens (tertiary/aromatic N) is 1. The number of rotatable bonds is 5. The lowest BCUT2D eigenvalue weighted by molar-refractivity contribution is -0.122. The molecule has 2 amide bonds. The van der Waals surface area contributed by atoms with Gasteiger partial charge in [-0.3, -0.25) is 19.8 Å². The molecule has 0 spiro atoms. The summed E-state index contributed by atoms with van der Waals surface area (Å²) < 4.78 is 5.84. The number of para-hydroxylation sites is 1. The van der Waals surface area contributed by atoms with Crippen LogP contribution in [0.5, 0.6) is 11.5 Å². The van der Waals surface area contributed by atoms with Crippen molar-refractivity contribution in [2.24, 2.45) is 0 Å². The van der Waals surface area contributed by atoms with Gasteiger partial charge in [-0.2, -0.15) is 0 Å². The van der Waals surface area contributed by atoms with Crippen LogP contribution in [0.1, 0.15) is 11.1 Å². The molecule has 1 fully saturated rings. The molecule has 1 saturated heterocycles. The van der Waals surface area contributed by atoms with Gasteiger partial charge in [0, 0.05) is 0 Å². The largest absolute Gasteiger partial charge is 0.457 e. The van der Waals surface area contributed by atoms with Crippen LogP contribution >= 0.6 is 12.2 Å². The van der Waals surface area contributed by atoms with E-state index in [2.05, 4.69) is 11.4 Å². The van der Waals surface area contributed by atoms with E-state index in [1.807, 2.05) is 79.7 Å². The molecule has 0 aromatic heterocycles. The number of hydrogen-bond donors (Lipinski definition) is 1. The Morgan fingerprint density at radius 2 is 1.50 bits per heavy atom. The number of thiocarbonyl (C=S) groups is 1. The molecule has 0 bridgehead atoms. The molecule has 0 radical (unpaired) electrons. The first-order valence-corrected chi connectivity index (χ1v) is 11.8. The Morgan fingerprint density at radius 3 is 2.25 bits per heavy atom. The van der Waals surface area contributed by atoms with Crippen LogP contribution in [0.3, 0.4) is 0 Å². The fraction of sp³-hybridized carbons (Fsp3) is 0.0333. The Morgan fingerprint density at radius 1 is 0.806 bits per heavy atom. The summed E-state index contributed by atoms with van der Waals surface area (Å²) in [5.74, 6) is 0.315. The number of aryl methyl sites for hydroxylation is 1. The minimum absolute atomic E-state index is 0.00770. The Hall–Kier alpha value is -4.55. The van der Waals surface area contributed by atoms with Gasteiger partial charge in [-0.25, -0.2) is 0 Å².